The van der Waals surface area contributed by atoms with Crippen molar-refractivity contribution in [1.82, 2.24) is 0 Å². The minimum atomic E-state index is 0. The van der Waals surface area contributed by atoms with Gasteiger partial charge in [0.15, 0.2) is 0 Å². The zero-order valence-corrected chi connectivity index (χ0v) is 12.5. The van der Waals surface area contributed by atoms with Crippen LogP contribution in [0, 0.1) is 19.1 Å². The number of benzene rings is 2. The van der Waals surface area contributed by atoms with Crippen LogP contribution in [0.2, 0.25) is 0 Å². The van der Waals surface area contributed by atoms with Crippen molar-refractivity contribution in [2.24, 2.45) is 0 Å². The fourth-order valence-electron chi connectivity index (χ4n) is 1.83. The Morgan fingerprint density at radius 1 is 1.00 bits per heavy atom. The third-order valence-electron chi connectivity index (χ3n) is 2.74. The Hall–Kier alpha value is -0.456. The molecule has 1 radical (unpaired) electrons. The molecule has 0 aliphatic carbocycles. The quantitative estimate of drug-likeness (QED) is 0.736. The smallest absolute Gasteiger partial charge is 0 e. The van der Waals surface area contributed by atoms with Gasteiger partial charge < -0.3 is 0 Å². The standard InChI is InChI=1S/C15H14.Y/c1-12-8-6-7-11-15(12)13(2)14-9-4-3-5-10-14;/h3-9,13H,1-2H3;/q-2;. The Balaban J connectivity index is 0.00000128. The van der Waals surface area contributed by atoms with E-state index in [4.69, 9.17) is 0 Å². The molecule has 0 heterocycles. The Morgan fingerprint density at radius 3 is 2.38 bits per heavy atom. The van der Waals surface area contributed by atoms with Crippen molar-refractivity contribution in [2.45, 2.75) is 19.8 Å². The molecule has 2 aromatic carbocycles. The first-order chi connectivity index (χ1) is 7.29. The van der Waals surface area contributed by atoms with Crippen molar-refractivity contribution in [2.75, 3.05) is 0 Å². The van der Waals surface area contributed by atoms with Crippen molar-refractivity contribution in [1.29, 1.82) is 0 Å². The number of aryl methyl sites for hydroxylation is 1. The Bertz CT molecular complexity index is 434. The molecule has 0 aromatic heterocycles. The molecule has 0 fully saturated rings. The first kappa shape index (κ1) is 13.6. The van der Waals surface area contributed by atoms with Gasteiger partial charge in [-0.25, -0.2) is 0 Å². The maximum Gasteiger partial charge on any atom is 0 e. The van der Waals surface area contributed by atoms with E-state index in [9.17, 15) is 0 Å². The maximum absolute atomic E-state index is 3.31. The van der Waals surface area contributed by atoms with Crippen LogP contribution in [0.15, 0.2) is 42.5 Å². The number of hydrogen-bond acceptors (Lipinski definition) is 0. The molecule has 2 rings (SSSR count). The normalized spacial score (nSPS) is 11.6. The van der Waals surface area contributed by atoms with Crippen LogP contribution < -0.4 is 0 Å². The average Bonchev–Trinajstić information content (AvgIpc) is 2.30. The van der Waals surface area contributed by atoms with Gasteiger partial charge >= 0.3 is 0 Å². The zero-order valence-electron chi connectivity index (χ0n) is 9.70. The van der Waals surface area contributed by atoms with E-state index in [1.165, 1.54) is 16.7 Å². The van der Waals surface area contributed by atoms with Crippen molar-refractivity contribution >= 4 is 0 Å². The largest absolute Gasteiger partial charge is 0.180 e. The molecule has 0 spiro atoms. The summed E-state index contributed by atoms with van der Waals surface area (Å²) in [5, 5.41) is 0. The molecule has 1 heteroatoms. The SMILES string of the molecule is Cc1ccc[c-]c1C(C)c1[c-]cccc1.[Y]. The van der Waals surface area contributed by atoms with Gasteiger partial charge in [0.1, 0.15) is 0 Å². The van der Waals surface area contributed by atoms with Crippen molar-refractivity contribution in [3.63, 3.8) is 0 Å². The van der Waals surface area contributed by atoms with E-state index in [0.717, 1.165) is 0 Å². The van der Waals surface area contributed by atoms with Gasteiger partial charge in [0, 0.05) is 32.7 Å². The summed E-state index contributed by atoms with van der Waals surface area (Å²) in [7, 11) is 0. The van der Waals surface area contributed by atoms with Gasteiger partial charge in [-0.3, -0.25) is 0 Å². The number of hydrogen-bond donors (Lipinski definition) is 0. The molecule has 0 aliphatic rings. The van der Waals surface area contributed by atoms with Gasteiger partial charge in [-0.15, -0.1) is 0 Å². The minimum Gasteiger partial charge on any atom is -0.180 e. The first-order valence-electron chi connectivity index (χ1n) is 5.23. The molecule has 0 saturated heterocycles. The molecule has 0 aliphatic heterocycles. The summed E-state index contributed by atoms with van der Waals surface area (Å²) in [6.07, 6.45) is 0. The molecule has 16 heavy (non-hydrogen) atoms. The molecule has 0 amide bonds. The molecule has 0 saturated carbocycles. The predicted molar refractivity (Wildman–Crippen MR) is 62.8 cm³/mol. The third-order valence-corrected chi connectivity index (χ3v) is 2.74. The van der Waals surface area contributed by atoms with Crippen LogP contribution in [0.5, 0.6) is 0 Å². The van der Waals surface area contributed by atoms with E-state index in [0.29, 0.717) is 5.92 Å². The molecule has 0 nitrogen and oxygen atoms in total. The fraction of sp³-hybridized carbons (Fsp3) is 0.200. The summed E-state index contributed by atoms with van der Waals surface area (Å²) in [6.45, 7) is 4.33. The molecule has 1 unspecified atom stereocenters. The topological polar surface area (TPSA) is 0 Å². The molecule has 0 bridgehead atoms. The van der Waals surface area contributed by atoms with Crippen LogP contribution in [-0.2, 0) is 32.7 Å². The second kappa shape index (κ2) is 6.32. The van der Waals surface area contributed by atoms with Crippen molar-refractivity contribution < 1.29 is 32.7 Å². The fourth-order valence-corrected chi connectivity index (χ4v) is 1.83. The van der Waals surface area contributed by atoms with E-state index in [2.05, 4.69) is 44.2 Å². The van der Waals surface area contributed by atoms with Gasteiger partial charge in [0.05, 0.1) is 0 Å². The Labute approximate surface area is 123 Å². The minimum absolute atomic E-state index is 0. The number of rotatable bonds is 2. The molecule has 2 aromatic rings. The van der Waals surface area contributed by atoms with Gasteiger partial charge in [-0.2, -0.15) is 71.3 Å². The average molecular weight is 283 g/mol. The maximum atomic E-state index is 3.31. The Kier molecular flexibility index (Phi) is 5.38. The molecule has 1 atom stereocenters. The summed E-state index contributed by atoms with van der Waals surface area (Å²) < 4.78 is 0. The summed E-state index contributed by atoms with van der Waals surface area (Å²) in [4.78, 5) is 0. The van der Waals surface area contributed by atoms with E-state index < -0.39 is 0 Å². The molecular formula is C15H14Y-2. The van der Waals surface area contributed by atoms with Crippen LogP contribution in [-0.4, -0.2) is 0 Å². The third kappa shape index (κ3) is 3.02. The molecule has 79 valence electrons. The van der Waals surface area contributed by atoms with E-state index in [-0.39, 0.29) is 32.7 Å². The van der Waals surface area contributed by atoms with Gasteiger partial charge in [-0.1, -0.05) is 13.8 Å². The molecule has 0 N–H and O–H groups in total. The zero-order chi connectivity index (χ0) is 10.7. The first-order valence-corrected chi connectivity index (χ1v) is 5.23. The van der Waals surface area contributed by atoms with E-state index in [1.54, 1.807) is 0 Å². The van der Waals surface area contributed by atoms with Gasteiger partial charge in [0.2, 0.25) is 0 Å². The summed E-state index contributed by atoms with van der Waals surface area (Å²) >= 11 is 0. The summed E-state index contributed by atoms with van der Waals surface area (Å²) in [5.41, 5.74) is 3.78. The van der Waals surface area contributed by atoms with Crippen LogP contribution >= 0.6 is 0 Å². The van der Waals surface area contributed by atoms with Crippen molar-refractivity contribution in [3.05, 3.63) is 71.3 Å². The second-order valence-corrected chi connectivity index (χ2v) is 3.81. The van der Waals surface area contributed by atoms with Crippen molar-refractivity contribution in [3.8, 4) is 0 Å². The van der Waals surface area contributed by atoms with Crippen LogP contribution in [0.3, 0.4) is 0 Å². The van der Waals surface area contributed by atoms with Crippen LogP contribution in [0.25, 0.3) is 0 Å². The van der Waals surface area contributed by atoms with E-state index in [1.807, 2.05) is 24.3 Å². The summed E-state index contributed by atoms with van der Waals surface area (Å²) in [6, 6.07) is 20.9. The molecular weight excluding hydrogens is 269 g/mol. The van der Waals surface area contributed by atoms with Crippen LogP contribution in [0.4, 0.5) is 0 Å². The monoisotopic (exact) mass is 283 g/mol. The second-order valence-electron chi connectivity index (χ2n) is 3.81. The van der Waals surface area contributed by atoms with Gasteiger partial charge in [0.25, 0.3) is 0 Å². The Morgan fingerprint density at radius 2 is 1.75 bits per heavy atom. The van der Waals surface area contributed by atoms with Gasteiger partial charge in [-0.05, 0) is 5.92 Å². The summed E-state index contributed by atoms with van der Waals surface area (Å²) in [5.74, 6) is 0.368. The van der Waals surface area contributed by atoms with Crippen LogP contribution in [0.1, 0.15) is 29.5 Å². The van der Waals surface area contributed by atoms with E-state index >= 15 is 0 Å². The predicted octanol–water partition coefficient (Wildman–Crippen LogP) is 3.74.